The number of carbonyl (C=O) groups excluding carboxylic acids is 1. The molecule has 2 aromatic carbocycles. The van der Waals surface area contributed by atoms with Crippen LogP contribution in [-0.4, -0.2) is 20.5 Å². The van der Waals surface area contributed by atoms with Crippen LogP contribution in [0.5, 0.6) is 0 Å². The Morgan fingerprint density at radius 2 is 1.85 bits per heavy atom. The number of para-hydroxylation sites is 1. The lowest BCUT2D eigenvalue weighted by atomic mass is 10.1. The molecule has 1 heterocycles. The lowest BCUT2D eigenvalue weighted by Crippen LogP contribution is -2.31. The van der Waals surface area contributed by atoms with Gasteiger partial charge in [-0.2, -0.15) is 5.10 Å². The fourth-order valence-electron chi connectivity index (χ4n) is 2.38. The summed E-state index contributed by atoms with van der Waals surface area (Å²) < 4.78 is 1.67. The van der Waals surface area contributed by atoms with Crippen LogP contribution in [0.4, 0.5) is 10.5 Å². The number of hydrogen-bond acceptors (Lipinski definition) is 5. The van der Waals surface area contributed by atoms with Crippen molar-refractivity contribution in [1.82, 2.24) is 15.0 Å². The SMILES string of the molecule is NC(=O)N/N=c1/c(-c2ccc([N+](=O)[O-])cc2)cncn1-c1ccccc1. The topological polar surface area (TPSA) is 128 Å². The Bertz CT molecular complexity index is 1010. The van der Waals surface area contributed by atoms with E-state index in [0.717, 1.165) is 5.69 Å². The molecule has 0 saturated heterocycles. The molecule has 9 nitrogen and oxygen atoms in total. The highest BCUT2D eigenvalue weighted by Gasteiger charge is 2.10. The van der Waals surface area contributed by atoms with E-state index in [9.17, 15) is 14.9 Å². The van der Waals surface area contributed by atoms with Gasteiger partial charge < -0.3 is 5.73 Å². The van der Waals surface area contributed by atoms with Crippen molar-refractivity contribution < 1.29 is 9.72 Å². The van der Waals surface area contributed by atoms with E-state index in [0.29, 0.717) is 16.6 Å². The zero-order valence-electron chi connectivity index (χ0n) is 13.4. The number of urea groups is 1. The molecular formula is C17H14N6O3. The lowest BCUT2D eigenvalue weighted by Gasteiger charge is -2.10. The number of hydrogen-bond donors (Lipinski definition) is 2. The molecule has 130 valence electrons. The maximum absolute atomic E-state index is 11.1. The molecule has 1 aromatic heterocycles. The molecule has 0 bridgehead atoms. The van der Waals surface area contributed by atoms with Gasteiger partial charge in [0.25, 0.3) is 5.69 Å². The minimum absolute atomic E-state index is 0.0256. The van der Waals surface area contributed by atoms with Crippen LogP contribution in [0.3, 0.4) is 0 Å². The van der Waals surface area contributed by atoms with Crippen LogP contribution in [0.15, 0.2) is 72.2 Å². The van der Waals surface area contributed by atoms with Gasteiger partial charge in [-0.25, -0.2) is 15.2 Å². The Balaban J connectivity index is 2.20. The summed E-state index contributed by atoms with van der Waals surface area (Å²) in [4.78, 5) is 25.7. The summed E-state index contributed by atoms with van der Waals surface area (Å²) in [6.07, 6.45) is 3.11. The molecule has 0 radical (unpaired) electrons. The van der Waals surface area contributed by atoms with Crippen molar-refractivity contribution in [2.45, 2.75) is 0 Å². The number of nitrogens with two attached hydrogens (primary N) is 1. The van der Waals surface area contributed by atoms with Crippen LogP contribution in [0.1, 0.15) is 0 Å². The van der Waals surface area contributed by atoms with E-state index in [1.165, 1.54) is 12.1 Å². The number of amides is 2. The first-order valence-corrected chi connectivity index (χ1v) is 7.52. The highest BCUT2D eigenvalue weighted by Crippen LogP contribution is 2.19. The van der Waals surface area contributed by atoms with Gasteiger partial charge in [0.2, 0.25) is 0 Å². The summed E-state index contributed by atoms with van der Waals surface area (Å²) in [5.74, 6) is 0. The van der Waals surface area contributed by atoms with Crippen molar-refractivity contribution in [3.8, 4) is 16.8 Å². The molecule has 26 heavy (non-hydrogen) atoms. The average Bonchev–Trinajstić information content (AvgIpc) is 2.67. The largest absolute Gasteiger partial charge is 0.350 e. The predicted molar refractivity (Wildman–Crippen MR) is 93.9 cm³/mol. The second-order valence-electron chi connectivity index (χ2n) is 5.23. The Hall–Kier alpha value is -4.01. The van der Waals surface area contributed by atoms with E-state index in [2.05, 4.69) is 15.5 Å². The maximum Gasteiger partial charge on any atom is 0.332 e. The van der Waals surface area contributed by atoms with Crippen molar-refractivity contribution in [2.75, 3.05) is 0 Å². The number of nitro benzene ring substituents is 1. The van der Waals surface area contributed by atoms with Gasteiger partial charge in [-0.1, -0.05) is 18.2 Å². The minimum Gasteiger partial charge on any atom is -0.350 e. The Kier molecular flexibility index (Phi) is 4.70. The molecule has 0 aliphatic heterocycles. The van der Waals surface area contributed by atoms with Gasteiger partial charge in [-0.15, -0.1) is 0 Å². The highest BCUT2D eigenvalue weighted by atomic mass is 16.6. The zero-order chi connectivity index (χ0) is 18.5. The third kappa shape index (κ3) is 3.56. The summed E-state index contributed by atoms with van der Waals surface area (Å²) in [7, 11) is 0. The standard InChI is InChI=1S/C17H14N6O3/c18-17(24)21-20-16-15(12-6-8-14(9-7-12)23(25)26)10-19-11-22(16)13-4-2-1-3-5-13/h1-11H,(H3,18,21,24)/b20-16-. The van der Waals surface area contributed by atoms with E-state index in [4.69, 9.17) is 5.73 Å². The molecule has 0 atom stereocenters. The van der Waals surface area contributed by atoms with E-state index in [-0.39, 0.29) is 5.69 Å². The minimum atomic E-state index is -0.809. The summed E-state index contributed by atoms with van der Waals surface area (Å²) in [6, 6.07) is 14.4. The summed E-state index contributed by atoms with van der Waals surface area (Å²) in [5.41, 5.74) is 9.69. The molecule has 3 aromatic rings. The summed E-state index contributed by atoms with van der Waals surface area (Å²) in [6.45, 7) is 0. The number of aromatic nitrogens is 2. The first kappa shape index (κ1) is 16.8. The fraction of sp³-hybridized carbons (Fsp3) is 0. The van der Waals surface area contributed by atoms with Crippen LogP contribution in [0.2, 0.25) is 0 Å². The molecule has 0 fully saturated rings. The first-order chi connectivity index (χ1) is 12.6. The Morgan fingerprint density at radius 3 is 2.46 bits per heavy atom. The van der Waals surface area contributed by atoms with Gasteiger partial charge in [0.1, 0.15) is 6.33 Å². The van der Waals surface area contributed by atoms with Gasteiger partial charge in [0.05, 0.1) is 4.92 Å². The Morgan fingerprint density at radius 1 is 1.15 bits per heavy atom. The number of benzene rings is 2. The van der Waals surface area contributed by atoms with Gasteiger partial charge >= 0.3 is 6.03 Å². The van der Waals surface area contributed by atoms with Gasteiger partial charge in [-0.3, -0.25) is 14.7 Å². The molecule has 0 saturated carbocycles. The molecule has 0 spiro atoms. The smallest absolute Gasteiger partial charge is 0.332 e. The molecule has 0 aliphatic rings. The van der Waals surface area contributed by atoms with Crippen molar-refractivity contribution in [2.24, 2.45) is 10.8 Å². The normalized spacial score (nSPS) is 11.2. The van der Waals surface area contributed by atoms with E-state index in [1.54, 1.807) is 29.2 Å². The zero-order valence-corrected chi connectivity index (χ0v) is 13.4. The first-order valence-electron chi connectivity index (χ1n) is 7.52. The second kappa shape index (κ2) is 7.26. The number of rotatable bonds is 4. The van der Waals surface area contributed by atoms with Gasteiger partial charge in [0.15, 0.2) is 5.49 Å². The van der Waals surface area contributed by atoms with Gasteiger partial charge in [-0.05, 0) is 29.8 Å². The number of carbonyl (C=O) groups is 1. The predicted octanol–water partition coefficient (Wildman–Crippen LogP) is 1.93. The van der Waals surface area contributed by atoms with Crippen molar-refractivity contribution in [1.29, 1.82) is 0 Å². The number of primary amides is 1. The summed E-state index contributed by atoms with van der Waals surface area (Å²) >= 11 is 0. The van der Waals surface area contributed by atoms with Crippen LogP contribution >= 0.6 is 0 Å². The Labute approximate surface area is 147 Å². The molecule has 9 heteroatoms. The van der Waals surface area contributed by atoms with Crippen LogP contribution in [0, 0.1) is 10.1 Å². The van der Waals surface area contributed by atoms with E-state index in [1.807, 2.05) is 30.3 Å². The number of nitrogens with zero attached hydrogens (tertiary/aromatic N) is 4. The molecular weight excluding hydrogens is 336 g/mol. The number of non-ortho nitro benzene ring substituents is 1. The van der Waals surface area contributed by atoms with Crippen molar-refractivity contribution >= 4 is 11.7 Å². The van der Waals surface area contributed by atoms with Crippen molar-refractivity contribution in [3.63, 3.8) is 0 Å². The monoisotopic (exact) mass is 350 g/mol. The third-order valence-electron chi connectivity index (χ3n) is 3.55. The molecule has 0 unspecified atom stereocenters. The third-order valence-corrected chi connectivity index (χ3v) is 3.55. The molecule has 3 rings (SSSR count). The molecule has 3 N–H and O–H groups in total. The molecule has 0 aliphatic carbocycles. The van der Waals surface area contributed by atoms with Crippen LogP contribution in [-0.2, 0) is 0 Å². The summed E-state index contributed by atoms with van der Waals surface area (Å²) in [5, 5.41) is 14.9. The second-order valence-corrected chi connectivity index (χ2v) is 5.23. The van der Waals surface area contributed by atoms with E-state index < -0.39 is 11.0 Å². The number of nitro groups is 1. The average molecular weight is 350 g/mol. The maximum atomic E-state index is 11.1. The number of nitrogens with one attached hydrogen (secondary N) is 1. The van der Waals surface area contributed by atoms with Gasteiger partial charge in [0, 0.05) is 29.6 Å². The van der Waals surface area contributed by atoms with Crippen molar-refractivity contribution in [3.05, 3.63) is 82.7 Å². The van der Waals surface area contributed by atoms with Crippen LogP contribution in [0.25, 0.3) is 16.8 Å². The molecule has 2 amide bonds. The van der Waals surface area contributed by atoms with E-state index >= 15 is 0 Å². The highest BCUT2D eigenvalue weighted by molar-refractivity contribution is 5.71. The lowest BCUT2D eigenvalue weighted by molar-refractivity contribution is -0.384. The quantitative estimate of drug-likeness (QED) is 0.550. The fourth-order valence-corrected chi connectivity index (χ4v) is 2.38. The van der Waals surface area contributed by atoms with Crippen LogP contribution < -0.4 is 16.6 Å².